The van der Waals surface area contributed by atoms with Crippen LogP contribution in [0.15, 0.2) is 28.2 Å². The van der Waals surface area contributed by atoms with E-state index in [1.807, 2.05) is 11.4 Å². The Labute approximate surface area is 121 Å². The molecule has 2 rings (SSSR count). The Morgan fingerprint density at radius 1 is 1.56 bits per heavy atom. The minimum absolute atomic E-state index is 0.0431. The fourth-order valence-electron chi connectivity index (χ4n) is 1.32. The Hall–Kier alpha value is -1.11. The second kappa shape index (κ2) is 5.69. The predicted molar refractivity (Wildman–Crippen MR) is 75.6 cm³/mol. The van der Waals surface area contributed by atoms with E-state index in [-0.39, 0.29) is 10.6 Å². The number of carboxylic acid groups (broad SMARTS) is 1. The Balaban J connectivity index is 2.10. The molecule has 7 heteroatoms. The Morgan fingerprint density at radius 2 is 2.33 bits per heavy atom. The summed E-state index contributed by atoms with van der Waals surface area (Å²) in [6.07, 6.45) is 1.33. The molecule has 2 aromatic rings. The minimum Gasteiger partial charge on any atom is -0.478 e. The molecule has 0 amide bonds. The van der Waals surface area contributed by atoms with Crippen molar-refractivity contribution < 1.29 is 9.90 Å². The molecule has 0 unspecified atom stereocenters. The van der Waals surface area contributed by atoms with Crippen LogP contribution in [0.3, 0.4) is 0 Å². The molecule has 0 saturated carbocycles. The maximum atomic E-state index is 10.9. The number of nitrogens with zero attached hydrogens (tertiary/aromatic N) is 1. The lowest BCUT2D eigenvalue weighted by Gasteiger charge is -2.05. The van der Waals surface area contributed by atoms with Crippen molar-refractivity contribution in [1.29, 1.82) is 0 Å². The third-order valence-electron chi connectivity index (χ3n) is 2.15. The van der Waals surface area contributed by atoms with Crippen molar-refractivity contribution in [2.45, 2.75) is 6.54 Å². The number of hydrogen-bond acceptors (Lipinski definition) is 4. The van der Waals surface area contributed by atoms with Gasteiger partial charge in [-0.1, -0.05) is 11.6 Å². The fourth-order valence-corrected chi connectivity index (χ4v) is 2.90. The molecule has 0 aliphatic heterocycles. The average molecular weight is 348 g/mol. The zero-order valence-corrected chi connectivity index (χ0v) is 12.1. The van der Waals surface area contributed by atoms with E-state index in [0.29, 0.717) is 12.4 Å². The van der Waals surface area contributed by atoms with Crippen LogP contribution in [0.4, 0.5) is 5.82 Å². The SMILES string of the molecule is O=C(O)c1cc(NCc2cc(Br)cs2)ncc1Cl. The van der Waals surface area contributed by atoms with Crippen LogP contribution in [-0.4, -0.2) is 16.1 Å². The van der Waals surface area contributed by atoms with Crippen LogP contribution in [0.25, 0.3) is 0 Å². The number of aromatic nitrogens is 1. The maximum Gasteiger partial charge on any atom is 0.337 e. The van der Waals surface area contributed by atoms with E-state index in [4.69, 9.17) is 16.7 Å². The normalized spacial score (nSPS) is 10.3. The highest BCUT2D eigenvalue weighted by Crippen LogP contribution is 2.22. The lowest BCUT2D eigenvalue weighted by molar-refractivity contribution is 0.0697. The van der Waals surface area contributed by atoms with Crippen LogP contribution in [0.1, 0.15) is 15.2 Å². The number of carboxylic acids is 1. The average Bonchev–Trinajstić information content (AvgIpc) is 2.74. The summed E-state index contributed by atoms with van der Waals surface area (Å²) in [5.41, 5.74) is 0.0431. The number of pyridine rings is 1. The van der Waals surface area contributed by atoms with E-state index in [2.05, 4.69) is 26.2 Å². The number of carbonyl (C=O) groups is 1. The van der Waals surface area contributed by atoms with Gasteiger partial charge in [-0.15, -0.1) is 11.3 Å². The summed E-state index contributed by atoms with van der Waals surface area (Å²) in [5.74, 6) is -0.578. The van der Waals surface area contributed by atoms with Gasteiger partial charge in [0.25, 0.3) is 0 Å². The molecule has 0 saturated heterocycles. The van der Waals surface area contributed by atoms with Gasteiger partial charge in [0.05, 0.1) is 17.1 Å². The summed E-state index contributed by atoms with van der Waals surface area (Å²) in [4.78, 5) is 16.1. The van der Waals surface area contributed by atoms with Gasteiger partial charge in [0, 0.05) is 20.9 Å². The van der Waals surface area contributed by atoms with Gasteiger partial charge in [-0.25, -0.2) is 9.78 Å². The highest BCUT2D eigenvalue weighted by Gasteiger charge is 2.10. The molecule has 18 heavy (non-hydrogen) atoms. The number of rotatable bonds is 4. The second-order valence-corrected chi connectivity index (χ2v) is 5.76. The van der Waals surface area contributed by atoms with E-state index >= 15 is 0 Å². The number of thiophene rings is 1. The van der Waals surface area contributed by atoms with E-state index in [0.717, 1.165) is 9.35 Å². The number of hydrogen-bond donors (Lipinski definition) is 2. The highest BCUT2D eigenvalue weighted by atomic mass is 79.9. The third kappa shape index (κ3) is 3.22. The first-order valence-corrected chi connectivity index (χ1v) is 6.97. The maximum absolute atomic E-state index is 10.9. The molecule has 2 heterocycles. The first kappa shape index (κ1) is 13.3. The third-order valence-corrected chi connectivity index (χ3v) is 4.15. The van der Waals surface area contributed by atoms with Crippen molar-refractivity contribution in [3.8, 4) is 0 Å². The van der Waals surface area contributed by atoms with E-state index in [1.165, 1.54) is 12.3 Å². The minimum atomic E-state index is -1.07. The Kier molecular flexibility index (Phi) is 4.21. The second-order valence-electron chi connectivity index (χ2n) is 3.44. The van der Waals surface area contributed by atoms with E-state index in [9.17, 15) is 4.79 Å². The lowest BCUT2D eigenvalue weighted by atomic mass is 10.2. The van der Waals surface area contributed by atoms with Gasteiger partial charge in [-0.2, -0.15) is 0 Å². The summed E-state index contributed by atoms with van der Waals surface area (Å²) < 4.78 is 1.03. The molecule has 0 aliphatic rings. The number of aromatic carboxylic acids is 1. The molecule has 2 N–H and O–H groups in total. The van der Waals surface area contributed by atoms with Crippen molar-refractivity contribution in [1.82, 2.24) is 4.98 Å². The molecule has 0 spiro atoms. The number of nitrogens with one attached hydrogen (secondary N) is 1. The molecule has 0 aliphatic carbocycles. The molecule has 0 fully saturated rings. The van der Waals surface area contributed by atoms with Crippen LogP contribution < -0.4 is 5.32 Å². The zero-order chi connectivity index (χ0) is 13.1. The molecule has 0 radical (unpaired) electrons. The van der Waals surface area contributed by atoms with Crippen molar-refractivity contribution in [2.75, 3.05) is 5.32 Å². The van der Waals surface area contributed by atoms with Gasteiger partial charge < -0.3 is 10.4 Å². The van der Waals surface area contributed by atoms with Gasteiger partial charge >= 0.3 is 5.97 Å². The van der Waals surface area contributed by atoms with Crippen LogP contribution in [0.5, 0.6) is 0 Å². The van der Waals surface area contributed by atoms with Crippen LogP contribution in [0.2, 0.25) is 5.02 Å². The smallest absolute Gasteiger partial charge is 0.337 e. The van der Waals surface area contributed by atoms with E-state index in [1.54, 1.807) is 11.3 Å². The molecular weight excluding hydrogens is 340 g/mol. The van der Waals surface area contributed by atoms with Gasteiger partial charge in [0.2, 0.25) is 0 Å². The summed E-state index contributed by atoms with van der Waals surface area (Å²) in [6, 6.07) is 3.42. The molecule has 94 valence electrons. The van der Waals surface area contributed by atoms with Crippen molar-refractivity contribution in [3.05, 3.63) is 43.6 Å². The van der Waals surface area contributed by atoms with Crippen LogP contribution in [0, 0.1) is 0 Å². The molecular formula is C11H8BrClN2O2S. The monoisotopic (exact) mass is 346 g/mol. The molecule has 0 atom stereocenters. The topological polar surface area (TPSA) is 62.2 Å². The van der Waals surface area contributed by atoms with Gasteiger partial charge in [-0.3, -0.25) is 0 Å². The van der Waals surface area contributed by atoms with Crippen LogP contribution in [-0.2, 0) is 6.54 Å². The number of anilines is 1. The molecule has 2 aromatic heterocycles. The van der Waals surface area contributed by atoms with Crippen molar-refractivity contribution in [3.63, 3.8) is 0 Å². The van der Waals surface area contributed by atoms with Gasteiger partial charge in [-0.05, 0) is 28.1 Å². The lowest BCUT2D eigenvalue weighted by Crippen LogP contribution is -2.04. The van der Waals surface area contributed by atoms with Gasteiger partial charge in [0.1, 0.15) is 5.82 Å². The highest BCUT2D eigenvalue weighted by molar-refractivity contribution is 9.10. The van der Waals surface area contributed by atoms with Gasteiger partial charge in [0.15, 0.2) is 0 Å². The molecule has 0 aromatic carbocycles. The summed E-state index contributed by atoms with van der Waals surface area (Å²) in [6.45, 7) is 0.587. The first-order chi connectivity index (χ1) is 8.56. The largest absolute Gasteiger partial charge is 0.478 e. The Bertz CT molecular complexity index is 588. The zero-order valence-electron chi connectivity index (χ0n) is 8.98. The predicted octanol–water partition coefficient (Wildman–Crippen LogP) is 3.87. The fraction of sp³-hybridized carbons (Fsp3) is 0.0909. The van der Waals surface area contributed by atoms with Crippen molar-refractivity contribution >= 4 is 50.7 Å². The molecule has 0 bridgehead atoms. The molecule has 4 nitrogen and oxygen atoms in total. The van der Waals surface area contributed by atoms with E-state index < -0.39 is 5.97 Å². The quantitative estimate of drug-likeness (QED) is 0.881. The summed E-state index contributed by atoms with van der Waals surface area (Å²) in [5, 5.41) is 14.1. The summed E-state index contributed by atoms with van der Waals surface area (Å²) >= 11 is 10.7. The summed E-state index contributed by atoms with van der Waals surface area (Å²) in [7, 11) is 0. The van der Waals surface area contributed by atoms with Crippen molar-refractivity contribution in [2.24, 2.45) is 0 Å². The standard InChI is InChI=1S/C11H8BrClN2O2S/c12-6-1-7(18-5-6)3-14-10-2-8(11(16)17)9(13)4-15-10/h1-2,4-5H,3H2,(H,14,15)(H,16,17). The van der Waals surface area contributed by atoms with Crippen LogP contribution >= 0.6 is 38.9 Å². The Morgan fingerprint density at radius 3 is 2.94 bits per heavy atom. The number of halogens is 2. The first-order valence-electron chi connectivity index (χ1n) is 4.92.